The van der Waals surface area contributed by atoms with Crippen LogP contribution in [0.1, 0.15) is 19.3 Å². The van der Waals surface area contributed by atoms with E-state index in [0.29, 0.717) is 12.0 Å². The lowest BCUT2D eigenvalue weighted by atomic mass is 9.81. The molecule has 1 aliphatic carbocycles. The minimum absolute atomic E-state index is 0.372. The molecule has 1 saturated carbocycles. The van der Waals surface area contributed by atoms with Crippen molar-refractivity contribution < 1.29 is 5.11 Å². The molecule has 2 saturated heterocycles. The molecule has 0 aromatic carbocycles. The Labute approximate surface area is 95.4 Å². The number of rotatable bonds is 2. The molecule has 5 atom stereocenters. The summed E-state index contributed by atoms with van der Waals surface area (Å²) in [4.78, 5) is 0. The third-order valence-corrected chi connectivity index (χ3v) is 6.02. The van der Waals surface area contributed by atoms with Crippen molar-refractivity contribution in [2.45, 2.75) is 29.9 Å². The first-order valence-corrected chi connectivity index (χ1v) is 7.05. The fourth-order valence-corrected chi connectivity index (χ4v) is 5.61. The molecule has 4 unspecified atom stereocenters. The number of hydrogen-bond donors (Lipinski definition) is 3. The molecular formula is C11H20N2OS. The largest absolute Gasteiger partial charge is 0.396 e. The predicted molar refractivity (Wildman–Crippen MR) is 62.6 cm³/mol. The maximum absolute atomic E-state index is 9.10. The van der Waals surface area contributed by atoms with E-state index < -0.39 is 0 Å². The smallest absolute Gasteiger partial charge is 0.0588 e. The molecule has 0 aromatic heterocycles. The second-order valence-corrected chi connectivity index (χ2v) is 6.41. The third kappa shape index (κ3) is 1.71. The Morgan fingerprint density at radius 1 is 1.33 bits per heavy atom. The molecule has 0 bridgehead atoms. The van der Waals surface area contributed by atoms with Crippen LogP contribution in [-0.2, 0) is 0 Å². The lowest BCUT2D eigenvalue weighted by Crippen LogP contribution is -2.50. The van der Waals surface area contributed by atoms with Crippen LogP contribution >= 0.6 is 11.8 Å². The van der Waals surface area contributed by atoms with Gasteiger partial charge in [0, 0.05) is 31.0 Å². The summed E-state index contributed by atoms with van der Waals surface area (Å²) >= 11 is 2.16. The number of thioether (sulfide) groups is 1. The zero-order chi connectivity index (χ0) is 10.3. The Morgan fingerprint density at radius 3 is 3.13 bits per heavy atom. The molecule has 15 heavy (non-hydrogen) atoms. The molecular weight excluding hydrogens is 208 g/mol. The number of hydrogen-bond acceptors (Lipinski definition) is 4. The Bertz CT molecular complexity index is 237. The summed E-state index contributed by atoms with van der Waals surface area (Å²) in [6, 6.07) is 0. The maximum Gasteiger partial charge on any atom is 0.0588 e. The second-order valence-electron chi connectivity index (χ2n) is 5.02. The van der Waals surface area contributed by atoms with Crippen LogP contribution in [0, 0.1) is 17.8 Å². The second kappa shape index (κ2) is 4.24. The van der Waals surface area contributed by atoms with Crippen LogP contribution in [0.15, 0.2) is 0 Å². The minimum atomic E-state index is 0.372. The Hall–Kier alpha value is 0.230. The SMILES string of the molecule is OCC[C@H]1CCC2SC3NCNCC3C21. The first-order chi connectivity index (χ1) is 7.40. The molecule has 0 radical (unpaired) electrons. The van der Waals surface area contributed by atoms with Crippen molar-refractivity contribution in [3.8, 4) is 0 Å². The van der Waals surface area contributed by atoms with Gasteiger partial charge in [-0.25, -0.2) is 0 Å². The van der Waals surface area contributed by atoms with Gasteiger partial charge in [-0.05, 0) is 31.1 Å². The van der Waals surface area contributed by atoms with Crippen molar-refractivity contribution in [3.63, 3.8) is 0 Å². The van der Waals surface area contributed by atoms with Gasteiger partial charge in [0.25, 0.3) is 0 Å². The van der Waals surface area contributed by atoms with Gasteiger partial charge in [0.15, 0.2) is 0 Å². The van der Waals surface area contributed by atoms with Crippen LogP contribution in [0.25, 0.3) is 0 Å². The van der Waals surface area contributed by atoms with Gasteiger partial charge in [-0.2, -0.15) is 0 Å². The Balaban J connectivity index is 1.73. The predicted octanol–water partition coefficient (Wildman–Crippen LogP) is 0.603. The van der Waals surface area contributed by atoms with E-state index in [9.17, 15) is 0 Å². The topological polar surface area (TPSA) is 44.3 Å². The number of fused-ring (bicyclic) bond motifs is 3. The molecule has 3 fully saturated rings. The molecule has 0 amide bonds. The number of aliphatic hydroxyl groups is 1. The average Bonchev–Trinajstić information content (AvgIpc) is 2.78. The van der Waals surface area contributed by atoms with E-state index in [0.717, 1.165) is 36.1 Å². The molecule has 3 N–H and O–H groups in total. The summed E-state index contributed by atoms with van der Waals surface area (Å²) in [5.41, 5.74) is 0. The van der Waals surface area contributed by atoms with E-state index >= 15 is 0 Å². The highest BCUT2D eigenvalue weighted by atomic mass is 32.2. The van der Waals surface area contributed by atoms with Gasteiger partial charge in [-0.3, -0.25) is 5.32 Å². The van der Waals surface area contributed by atoms with E-state index in [1.807, 2.05) is 0 Å². The van der Waals surface area contributed by atoms with Gasteiger partial charge in [0.2, 0.25) is 0 Å². The van der Waals surface area contributed by atoms with Crippen molar-refractivity contribution in [1.82, 2.24) is 10.6 Å². The van der Waals surface area contributed by atoms with Crippen molar-refractivity contribution in [2.75, 3.05) is 19.8 Å². The lowest BCUT2D eigenvalue weighted by molar-refractivity contribution is 0.185. The van der Waals surface area contributed by atoms with Crippen molar-refractivity contribution in [3.05, 3.63) is 0 Å². The summed E-state index contributed by atoms with van der Waals surface area (Å²) in [5.74, 6) is 2.43. The first-order valence-electron chi connectivity index (χ1n) is 6.10. The highest BCUT2D eigenvalue weighted by Gasteiger charge is 2.50. The van der Waals surface area contributed by atoms with Crippen molar-refractivity contribution in [2.24, 2.45) is 17.8 Å². The lowest BCUT2D eigenvalue weighted by Gasteiger charge is -2.32. The number of aliphatic hydroxyl groups excluding tert-OH is 1. The van der Waals surface area contributed by atoms with Gasteiger partial charge in [-0.15, -0.1) is 11.8 Å². The number of nitrogens with one attached hydrogen (secondary N) is 2. The van der Waals surface area contributed by atoms with E-state index in [-0.39, 0.29) is 0 Å². The summed E-state index contributed by atoms with van der Waals surface area (Å²) < 4.78 is 0. The van der Waals surface area contributed by atoms with E-state index in [1.54, 1.807) is 0 Å². The summed E-state index contributed by atoms with van der Waals surface area (Å²) in [6.45, 7) is 2.52. The molecule has 2 aliphatic heterocycles. The molecule has 0 aromatic rings. The first kappa shape index (κ1) is 10.4. The molecule has 3 aliphatic rings. The highest BCUT2D eigenvalue weighted by Crippen LogP contribution is 2.54. The van der Waals surface area contributed by atoms with Crippen LogP contribution in [0.4, 0.5) is 0 Å². The fourth-order valence-electron chi connectivity index (χ4n) is 3.70. The quantitative estimate of drug-likeness (QED) is 0.648. The Kier molecular flexibility index (Phi) is 2.94. The molecule has 86 valence electrons. The van der Waals surface area contributed by atoms with E-state index in [2.05, 4.69) is 22.4 Å². The summed E-state index contributed by atoms with van der Waals surface area (Å²) in [6.07, 6.45) is 3.73. The van der Waals surface area contributed by atoms with Gasteiger partial charge >= 0.3 is 0 Å². The molecule has 2 heterocycles. The molecule has 3 rings (SSSR count). The molecule has 4 heteroatoms. The third-order valence-electron chi connectivity index (χ3n) is 4.31. The van der Waals surface area contributed by atoms with Crippen LogP contribution in [0.2, 0.25) is 0 Å². The highest BCUT2D eigenvalue weighted by molar-refractivity contribution is 8.00. The zero-order valence-corrected chi connectivity index (χ0v) is 9.80. The van der Waals surface area contributed by atoms with Gasteiger partial charge in [0.1, 0.15) is 0 Å². The van der Waals surface area contributed by atoms with Gasteiger partial charge in [0.05, 0.1) is 5.37 Å². The van der Waals surface area contributed by atoms with Crippen LogP contribution in [-0.4, -0.2) is 35.6 Å². The molecule has 3 nitrogen and oxygen atoms in total. The normalized spacial score (nSPS) is 49.0. The Morgan fingerprint density at radius 2 is 2.27 bits per heavy atom. The standard InChI is InChI=1S/C11H20N2OS/c14-4-3-7-1-2-9-10(7)8-5-12-6-13-11(8)15-9/h7-14H,1-6H2/t7-,8?,9?,10?,11?/m1/s1. The monoisotopic (exact) mass is 228 g/mol. The molecule has 0 spiro atoms. The van der Waals surface area contributed by atoms with E-state index in [1.165, 1.54) is 19.4 Å². The van der Waals surface area contributed by atoms with Crippen LogP contribution in [0.5, 0.6) is 0 Å². The van der Waals surface area contributed by atoms with Gasteiger partial charge in [-0.1, -0.05) is 0 Å². The average molecular weight is 228 g/mol. The van der Waals surface area contributed by atoms with Crippen LogP contribution < -0.4 is 10.6 Å². The van der Waals surface area contributed by atoms with Crippen molar-refractivity contribution >= 4 is 11.8 Å². The van der Waals surface area contributed by atoms with E-state index in [4.69, 9.17) is 5.11 Å². The van der Waals surface area contributed by atoms with Crippen LogP contribution in [0.3, 0.4) is 0 Å². The zero-order valence-electron chi connectivity index (χ0n) is 8.98. The maximum atomic E-state index is 9.10. The summed E-state index contributed by atoms with van der Waals surface area (Å²) in [7, 11) is 0. The fraction of sp³-hybridized carbons (Fsp3) is 1.00. The minimum Gasteiger partial charge on any atom is -0.396 e. The van der Waals surface area contributed by atoms with Crippen molar-refractivity contribution in [1.29, 1.82) is 0 Å². The summed E-state index contributed by atoms with van der Waals surface area (Å²) in [5, 5.41) is 17.7. The van der Waals surface area contributed by atoms with Gasteiger partial charge < -0.3 is 10.4 Å².